The van der Waals surface area contributed by atoms with E-state index in [2.05, 4.69) is 190 Å². The third-order valence-corrected chi connectivity index (χ3v) is 14.2. The van der Waals surface area contributed by atoms with Crippen molar-refractivity contribution in [2.24, 2.45) is 0 Å². The molecular weight excluding hydrogens is 954 g/mol. The monoisotopic (exact) mass is 1050 g/mol. The van der Waals surface area contributed by atoms with Gasteiger partial charge in [-0.1, -0.05) is 239 Å². The number of hydrogen-bond donors (Lipinski definition) is 0. The molecule has 9 nitrogen and oxygen atoms in total. The van der Waals surface area contributed by atoms with Gasteiger partial charge in [-0.3, -0.25) is 9.13 Å². The first-order valence-corrected chi connectivity index (χ1v) is 27.9. The fourth-order valence-corrected chi connectivity index (χ4v) is 8.63. The zero-order chi connectivity index (χ0) is 54.1. The van der Waals surface area contributed by atoms with Gasteiger partial charge in [-0.05, 0) is 110 Å². The summed E-state index contributed by atoms with van der Waals surface area (Å²) in [7, 11) is -8.99. The second-order valence-electron chi connectivity index (χ2n) is 27.7. The average Bonchev–Trinajstić information content (AvgIpc) is 3.18. The molecule has 0 saturated heterocycles. The topological polar surface area (TPSA) is 147 Å². The van der Waals surface area contributed by atoms with Gasteiger partial charge < -0.3 is 33.4 Å². The smallest absolute Gasteiger partial charge is 0.870 e. The Labute approximate surface area is 448 Å². The molecule has 0 aliphatic heterocycles. The van der Waals surface area contributed by atoms with Crippen molar-refractivity contribution in [3.05, 3.63) is 140 Å². The molecule has 1 N–H and O–H groups in total. The zero-order valence-corrected chi connectivity index (χ0v) is 51.9. The third kappa shape index (κ3) is 21.7. The van der Waals surface area contributed by atoms with Crippen molar-refractivity contribution in [3.63, 3.8) is 0 Å². The molecule has 0 atom stereocenters. The molecule has 72 heavy (non-hydrogen) atoms. The number of rotatable bonds is 12. The van der Waals surface area contributed by atoms with Crippen LogP contribution in [-0.4, -0.2) is 22.8 Å². The maximum absolute atomic E-state index is 12.7. The van der Waals surface area contributed by atoms with E-state index in [4.69, 9.17) is 18.1 Å². The van der Waals surface area contributed by atoms with E-state index in [-0.39, 0.29) is 92.6 Å². The van der Waals surface area contributed by atoms with Crippen LogP contribution in [0.2, 0.25) is 0 Å². The van der Waals surface area contributed by atoms with E-state index in [0.717, 1.165) is 66.8 Å². The molecule has 0 amide bonds. The van der Waals surface area contributed by atoms with Crippen LogP contribution < -0.4 is 9.79 Å². The van der Waals surface area contributed by atoms with Crippen molar-refractivity contribution in [3.8, 4) is 0 Å². The normalized spacial score (nSPS) is 13.5. The standard InChI is InChI=1S/2C30H47O4P.Al.H2O/c2*1-27(2,3)23-13-21(14-24(17-23)28(4,5)6)19-33-35(31,32)34-20-22-15-25(29(7,8)9)18-26(16-22)30(10,11)12;;/h2*13-18H,19-20H2,1-12H3,(H,31,32);;1H2/q;;+3;/p-3. The van der Waals surface area contributed by atoms with E-state index in [0.29, 0.717) is 0 Å². The Morgan fingerprint density at radius 2 is 0.403 bits per heavy atom. The maximum Gasteiger partial charge on any atom is 3.00 e. The molecule has 4 rings (SSSR count). The van der Waals surface area contributed by atoms with Crippen LogP contribution in [0.3, 0.4) is 0 Å². The van der Waals surface area contributed by atoms with Gasteiger partial charge in [0.15, 0.2) is 0 Å². The van der Waals surface area contributed by atoms with Crippen LogP contribution >= 0.6 is 15.6 Å². The van der Waals surface area contributed by atoms with Gasteiger partial charge >= 0.3 is 17.4 Å². The average molecular weight is 1050 g/mol. The minimum Gasteiger partial charge on any atom is -0.870 e. The molecule has 0 aliphatic carbocycles. The first kappa shape index (κ1) is 67.6. The molecule has 12 heteroatoms. The van der Waals surface area contributed by atoms with Gasteiger partial charge in [0, 0.05) is 0 Å². The Hall–Kier alpha value is -2.41. The van der Waals surface area contributed by atoms with E-state index in [1.165, 1.54) is 0 Å². The third-order valence-electron chi connectivity index (χ3n) is 12.5. The molecule has 0 heterocycles. The van der Waals surface area contributed by atoms with Gasteiger partial charge in [0.25, 0.3) is 15.6 Å². The number of phosphoric acid groups is 2. The predicted octanol–water partition coefficient (Wildman–Crippen LogP) is 15.6. The zero-order valence-electron chi connectivity index (χ0n) is 48.9. The summed E-state index contributed by atoms with van der Waals surface area (Å²) in [5.74, 6) is 0. The van der Waals surface area contributed by atoms with Crippen LogP contribution in [0.4, 0.5) is 0 Å². The fraction of sp³-hybridized carbons (Fsp3) is 0.600. The van der Waals surface area contributed by atoms with Gasteiger partial charge in [-0.2, -0.15) is 0 Å². The van der Waals surface area contributed by atoms with Crippen molar-refractivity contribution < 1.29 is 42.5 Å². The molecule has 4 aromatic carbocycles. The summed E-state index contributed by atoms with van der Waals surface area (Å²) in [6, 6.07) is 25.0. The Morgan fingerprint density at radius 1 is 0.292 bits per heavy atom. The van der Waals surface area contributed by atoms with E-state index in [1.807, 2.05) is 48.5 Å². The predicted molar refractivity (Wildman–Crippen MR) is 297 cm³/mol. The summed E-state index contributed by atoms with van der Waals surface area (Å²) < 4.78 is 46.8. The molecule has 0 fully saturated rings. The van der Waals surface area contributed by atoms with Gasteiger partial charge in [0.2, 0.25) is 0 Å². The quantitative estimate of drug-likeness (QED) is 0.0999. The molecule has 0 spiro atoms. The van der Waals surface area contributed by atoms with Crippen molar-refractivity contribution >= 4 is 33.0 Å². The Kier molecular flexibility index (Phi) is 22.8. The number of hydrogen-bond acceptors (Lipinski definition) is 9. The van der Waals surface area contributed by atoms with E-state index < -0.39 is 15.6 Å². The molecule has 0 unspecified atom stereocenters. The molecule has 400 valence electrons. The molecule has 0 aromatic heterocycles. The summed E-state index contributed by atoms with van der Waals surface area (Å²) in [6.07, 6.45) is 0. The minimum absolute atomic E-state index is 0. The molecule has 0 bridgehead atoms. The largest absolute Gasteiger partial charge is 3.00 e. The van der Waals surface area contributed by atoms with Crippen molar-refractivity contribution in [2.45, 2.75) is 236 Å². The van der Waals surface area contributed by atoms with Crippen molar-refractivity contribution in [1.82, 2.24) is 0 Å². The number of benzene rings is 4. The van der Waals surface area contributed by atoms with Crippen molar-refractivity contribution in [1.29, 1.82) is 0 Å². The summed E-state index contributed by atoms with van der Waals surface area (Å²) >= 11 is 0. The first-order chi connectivity index (χ1) is 31.2. The van der Waals surface area contributed by atoms with Crippen LogP contribution in [0.25, 0.3) is 0 Å². The van der Waals surface area contributed by atoms with Crippen LogP contribution in [0.5, 0.6) is 0 Å². The van der Waals surface area contributed by atoms with Crippen LogP contribution in [0, 0.1) is 0 Å². The number of phosphoric ester groups is 2. The molecule has 0 aliphatic rings. The Bertz CT molecular complexity index is 2040. The molecule has 4 aromatic rings. The van der Waals surface area contributed by atoms with Crippen molar-refractivity contribution in [2.75, 3.05) is 0 Å². The SMILES string of the molecule is CC(C)(C)c1cc(COP(=O)([O-])OCc2cc(C(C)(C)C)cc(C(C)(C)C)c2)cc(C(C)(C)C)c1.CC(C)(C)c1cc(COP(=O)([O-])OCc2cc(C(C)(C)C)cc(C(C)(C)C)c2)cc(C(C)(C)C)c1.[Al+3].[OH-]. The van der Waals surface area contributed by atoms with Gasteiger partial charge in [-0.15, -0.1) is 0 Å². The van der Waals surface area contributed by atoms with E-state index >= 15 is 0 Å². The Balaban J connectivity index is 0.000000701. The maximum atomic E-state index is 12.7. The Morgan fingerprint density at radius 3 is 0.500 bits per heavy atom. The molecule has 0 radical (unpaired) electrons. The van der Waals surface area contributed by atoms with Crippen LogP contribution in [-0.2, 0) is 97.0 Å². The summed E-state index contributed by atoms with van der Waals surface area (Å²) in [4.78, 5) is 25.4. The van der Waals surface area contributed by atoms with E-state index in [9.17, 15) is 18.9 Å². The first-order valence-electron chi connectivity index (χ1n) is 25.0. The minimum atomic E-state index is -4.50. The summed E-state index contributed by atoms with van der Waals surface area (Å²) in [6.45, 7) is 51.4. The second-order valence-corrected chi connectivity index (χ2v) is 30.5. The van der Waals surface area contributed by atoms with Crippen LogP contribution in [0.15, 0.2) is 72.8 Å². The van der Waals surface area contributed by atoms with E-state index in [1.54, 1.807) is 0 Å². The van der Waals surface area contributed by atoms with Crippen LogP contribution in [0.1, 0.15) is 233 Å². The van der Waals surface area contributed by atoms with Gasteiger partial charge in [0.1, 0.15) is 0 Å². The summed E-state index contributed by atoms with van der Waals surface area (Å²) in [5, 5.41) is 0. The summed E-state index contributed by atoms with van der Waals surface area (Å²) in [5.41, 5.74) is 12.0. The van der Waals surface area contributed by atoms with Gasteiger partial charge in [0.05, 0.1) is 26.4 Å². The fourth-order valence-electron chi connectivity index (χ4n) is 7.25. The second kappa shape index (κ2) is 24.3. The molecule has 0 saturated carbocycles. The van der Waals surface area contributed by atoms with Gasteiger partial charge in [-0.25, -0.2) is 0 Å². The molecular formula is C60H93AlO9P2.